The molecule has 1 aliphatic rings. The van der Waals surface area contributed by atoms with E-state index in [1.807, 2.05) is 5.48 Å². The SMILES string of the molecule is CONC(=O)N1CCC(C(=O)C(=Nc2ccc(F)c(Br)c2)NO)CC1. The number of hydroxylamine groups is 2. The summed E-state index contributed by atoms with van der Waals surface area (Å²) in [6, 6.07) is 3.63. The van der Waals surface area contributed by atoms with Crippen LogP contribution in [0.2, 0.25) is 0 Å². The molecule has 0 aliphatic carbocycles. The van der Waals surface area contributed by atoms with Crippen LogP contribution < -0.4 is 11.0 Å². The first-order chi connectivity index (χ1) is 12.0. The Morgan fingerprint density at radius 2 is 2.08 bits per heavy atom. The Balaban J connectivity index is 2.04. The smallest absolute Gasteiger partial charge is 0.323 e. The predicted octanol–water partition coefficient (Wildman–Crippen LogP) is 2.15. The number of amidine groups is 1. The van der Waals surface area contributed by atoms with E-state index in [0.29, 0.717) is 31.6 Å². The second-order valence-electron chi connectivity index (χ2n) is 5.41. The van der Waals surface area contributed by atoms with Gasteiger partial charge >= 0.3 is 6.03 Å². The van der Waals surface area contributed by atoms with Gasteiger partial charge in [-0.2, -0.15) is 0 Å². The van der Waals surface area contributed by atoms with Crippen molar-refractivity contribution in [1.82, 2.24) is 15.9 Å². The summed E-state index contributed by atoms with van der Waals surface area (Å²) in [5.41, 5.74) is 4.36. The van der Waals surface area contributed by atoms with Crippen molar-refractivity contribution >= 4 is 39.3 Å². The molecule has 0 radical (unpaired) electrons. The van der Waals surface area contributed by atoms with Gasteiger partial charge in [0.25, 0.3) is 0 Å². The summed E-state index contributed by atoms with van der Waals surface area (Å²) in [4.78, 5) is 34.3. The Morgan fingerprint density at radius 1 is 1.40 bits per heavy atom. The minimum Gasteiger partial charge on any atom is -0.323 e. The second kappa shape index (κ2) is 8.88. The number of amides is 2. The molecular weight excluding hydrogens is 399 g/mol. The highest BCUT2D eigenvalue weighted by molar-refractivity contribution is 9.10. The number of likely N-dealkylation sites (tertiary alicyclic amines) is 1. The van der Waals surface area contributed by atoms with Gasteiger partial charge in [-0.25, -0.2) is 25.1 Å². The van der Waals surface area contributed by atoms with Crippen molar-refractivity contribution in [3.63, 3.8) is 0 Å². The van der Waals surface area contributed by atoms with E-state index >= 15 is 0 Å². The van der Waals surface area contributed by atoms with Crippen LogP contribution in [0.5, 0.6) is 0 Å². The number of piperidine rings is 1. The summed E-state index contributed by atoms with van der Waals surface area (Å²) in [6.07, 6.45) is 0.869. The molecular formula is C15H18BrFN4O4. The monoisotopic (exact) mass is 416 g/mol. The standard InChI is InChI=1S/C15H18BrFN4O4/c1-25-20-15(23)21-6-4-9(5-7-21)13(22)14(19-24)18-10-2-3-12(17)11(16)8-10/h2-3,8-9,24H,4-7H2,1H3,(H,18,19)(H,20,23). The van der Waals surface area contributed by atoms with E-state index in [9.17, 15) is 19.2 Å². The molecule has 1 heterocycles. The van der Waals surface area contributed by atoms with Crippen LogP contribution in [0, 0.1) is 11.7 Å². The molecule has 0 bridgehead atoms. The lowest BCUT2D eigenvalue weighted by atomic mass is 9.92. The van der Waals surface area contributed by atoms with E-state index in [1.54, 1.807) is 0 Å². The number of carbonyl (C=O) groups is 2. The fourth-order valence-electron chi connectivity index (χ4n) is 2.51. The zero-order valence-corrected chi connectivity index (χ0v) is 15.0. The molecule has 136 valence electrons. The first kappa shape index (κ1) is 19.3. The van der Waals surface area contributed by atoms with Gasteiger partial charge in [0.05, 0.1) is 17.3 Å². The number of nitrogens with one attached hydrogen (secondary N) is 2. The van der Waals surface area contributed by atoms with Crippen molar-refractivity contribution in [2.75, 3.05) is 20.2 Å². The number of ketones is 1. The molecule has 1 fully saturated rings. The highest BCUT2D eigenvalue weighted by Crippen LogP contribution is 2.23. The van der Waals surface area contributed by atoms with Crippen molar-refractivity contribution < 1.29 is 24.0 Å². The Hall–Kier alpha value is -2.04. The van der Waals surface area contributed by atoms with Crippen LogP contribution in [0.25, 0.3) is 0 Å². The van der Waals surface area contributed by atoms with Gasteiger partial charge in [-0.05, 0) is 47.0 Å². The Morgan fingerprint density at radius 3 is 2.64 bits per heavy atom. The zero-order valence-electron chi connectivity index (χ0n) is 13.5. The highest BCUT2D eigenvalue weighted by Gasteiger charge is 2.30. The van der Waals surface area contributed by atoms with E-state index in [1.165, 1.54) is 30.2 Å². The fourth-order valence-corrected chi connectivity index (χ4v) is 2.88. The van der Waals surface area contributed by atoms with Gasteiger partial charge in [0, 0.05) is 19.0 Å². The largest absolute Gasteiger partial charge is 0.341 e. The lowest BCUT2D eigenvalue weighted by Crippen LogP contribution is -2.46. The molecule has 1 saturated heterocycles. The molecule has 1 aromatic rings. The Bertz CT molecular complexity index is 677. The molecule has 3 N–H and O–H groups in total. The van der Waals surface area contributed by atoms with Crippen LogP contribution >= 0.6 is 15.9 Å². The molecule has 0 atom stereocenters. The van der Waals surface area contributed by atoms with E-state index < -0.39 is 5.82 Å². The average Bonchev–Trinajstić information content (AvgIpc) is 2.62. The van der Waals surface area contributed by atoms with Gasteiger partial charge in [0.15, 0.2) is 5.84 Å². The fraction of sp³-hybridized carbons (Fsp3) is 0.400. The van der Waals surface area contributed by atoms with Gasteiger partial charge in [0.2, 0.25) is 5.78 Å². The maximum Gasteiger partial charge on any atom is 0.341 e. The molecule has 2 amide bonds. The van der Waals surface area contributed by atoms with Gasteiger partial charge < -0.3 is 4.90 Å². The number of hydrogen-bond acceptors (Lipinski definition) is 5. The molecule has 0 unspecified atom stereocenters. The summed E-state index contributed by atoms with van der Waals surface area (Å²) >= 11 is 3.04. The maximum atomic E-state index is 13.3. The Kier molecular flexibility index (Phi) is 6.85. The summed E-state index contributed by atoms with van der Waals surface area (Å²) in [5, 5.41) is 9.24. The lowest BCUT2D eigenvalue weighted by Gasteiger charge is -2.30. The molecule has 8 nitrogen and oxygen atoms in total. The Labute approximate surface area is 152 Å². The minimum atomic E-state index is -0.453. The third-order valence-corrected chi connectivity index (χ3v) is 4.43. The van der Waals surface area contributed by atoms with Crippen LogP contribution in [-0.2, 0) is 9.63 Å². The minimum absolute atomic E-state index is 0.205. The summed E-state index contributed by atoms with van der Waals surface area (Å²) in [6.45, 7) is 0.763. The van der Waals surface area contributed by atoms with Gasteiger partial charge in [-0.1, -0.05) is 0 Å². The van der Waals surface area contributed by atoms with Crippen LogP contribution in [-0.4, -0.2) is 48.0 Å². The highest BCUT2D eigenvalue weighted by atomic mass is 79.9. The molecule has 2 rings (SSSR count). The molecule has 25 heavy (non-hydrogen) atoms. The topological polar surface area (TPSA) is 103 Å². The molecule has 0 aromatic heterocycles. The first-order valence-electron chi connectivity index (χ1n) is 7.52. The number of rotatable bonds is 4. The summed E-state index contributed by atoms with van der Waals surface area (Å²) < 4.78 is 13.5. The summed E-state index contributed by atoms with van der Waals surface area (Å²) in [7, 11) is 1.34. The first-order valence-corrected chi connectivity index (χ1v) is 8.31. The predicted molar refractivity (Wildman–Crippen MR) is 91.0 cm³/mol. The summed E-state index contributed by atoms with van der Waals surface area (Å²) in [5.74, 6) is -1.42. The van der Waals surface area contributed by atoms with E-state index in [0.717, 1.165) is 0 Å². The number of hydrogen-bond donors (Lipinski definition) is 3. The van der Waals surface area contributed by atoms with Crippen LogP contribution in [0.15, 0.2) is 27.7 Å². The van der Waals surface area contributed by atoms with Crippen molar-refractivity contribution in [3.8, 4) is 0 Å². The van der Waals surface area contributed by atoms with Crippen molar-refractivity contribution in [2.24, 2.45) is 10.9 Å². The average molecular weight is 417 g/mol. The van der Waals surface area contributed by atoms with Gasteiger partial charge in [0.1, 0.15) is 5.82 Å². The zero-order chi connectivity index (χ0) is 18.4. The maximum absolute atomic E-state index is 13.3. The normalized spacial score (nSPS) is 15.8. The number of benzene rings is 1. The van der Waals surface area contributed by atoms with E-state index in [4.69, 9.17) is 0 Å². The van der Waals surface area contributed by atoms with Gasteiger partial charge in [-0.3, -0.25) is 14.8 Å². The number of aliphatic imine (C=N–C) groups is 1. The van der Waals surface area contributed by atoms with Crippen molar-refractivity contribution in [1.29, 1.82) is 0 Å². The second-order valence-corrected chi connectivity index (χ2v) is 6.26. The third kappa shape index (κ3) is 4.97. The van der Waals surface area contributed by atoms with Gasteiger partial charge in [-0.15, -0.1) is 0 Å². The van der Waals surface area contributed by atoms with E-state index in [2.05, 4.69) is 31.2 Å². The van der Waals surface area contributed by atoms with Crippen LogP contribution in [0.4, 0.5) is 14.9 Å². The number of carbonyl (C=O) groups excluding carboxylic acids is 2. The lowest BCUT2D eigenvalue weighted by molar-refractivity contribution is -0.118. The van der Waals surface area contributed by atoms with Crippen molar-refractivity contribution in [3.05, 3.63) is 28.5 Å². The molecule has 10 heteroatoms. The van der Waals surface area contributed by atoms with E-state index in [-0.39, 0.29) is 28.0 Å². The number of nitrogens with zero attached hydrogens (tertiary/aromatic N) is 2. The van der Waals surface area contributed by atoms with Crippen molar-refractivity contribution in [2.45, 2.75) is 12.8 Å². The molecule has 0 spiro atoms. The molecule has 1 aromatic carbocycles. The number of halogens is 2. The molecule has 1 aliphatic heterocycles. The molecule has 0 saturated carbocycles. The number of Topliss-reactive ketones (excluding diaryl/α,β-unsaturated/α-hetero) is 1. The van der Waals surface area contributed by atoms with Crippen LogP contribution in [0.3, 0.4) is 0 Å². The van der Waals surface area contributed by atoms with Crippen LogP contribution in [0.1, 0.15) is 12.8 Å². The quantitative estimate of drug-likeness (QED) is 0.396. The third-order valence-electron chi connectivity index (χ3n) is 3.83. The number of urea groups is 1.